The monoisotopic (exact) mass is 295 g/mol. The highest BCUT2D eigenvalue weighted by Crippen LogP contribution is 2.28. The number of hydrogen-bond donors (Lipinski definition) is 1. The van der Waals surface area contributed by atoms with Gasteiger partial charge >= 0.3 is 0 Å². The molecule has 0 unspecified atom stereocenters. The summed E-state index contributed by atoms with van der Waals surface area (Å²) in [4.78, 5) is 10.4. The molecular weight excluding hydrogens is 282 g/mol. The Bertz CT molecular complexity index is 664. The lowest BCUT2D eigenvalue weighted by Crippen LogP contribution is -2.32. The molecule has 7 nitrogen and oxygen atoms in total. The molecule has 1 heterocycles. The van der Waals surface area contributed by atoms with E-state index in [2.05, 4.69) is 5.32 Å². The number of sulfone groups is 1. The van der Waals surface area contributed by atoms with Crippen LogP contribution in [0.25, 0.3) is 0 Å². The largest absolute Gasteiger partial charge is 0.377 e. The van der Waals surface area contributed by atoms with Gasteiger partial charge < -0.3 is 5.32 Å². The zero-order valence-electron chi connectivity index (χ0n) is 10.6. The Morgan fingerprint density at radius 3 is 2.55 bits per heavy atom. The van der Waals surface area contributed by atoms with E-state index < -0.39 is 14.8 Å². The van der Waals surface area contributed by atoms with Crippen molar-refractivity contribution in [2.75, 3.05) is 16.8 Å². The molecule has 0 aromatic heterocycles. The van der Waals surface area contributed by atoms with Crippen LogP contribution >= 0.6 is 0 Å². The lowest BCUT2D eigenvalue weighted by molar-refractivity contribution is -0.384. The number of rotatable bonds is 3. The Morgan fingerprint density at radius 2 is 2.00 bits per heavy atom. The average molecular weight is 295 g/mol. The van der Waals surface area contributed by atoms with Crippen molar-refractivity contribution >= 4 is 21.2 Å². The summed E-state index contributed by atoms with van der Waals surface area (Å²) in [7, 11) is -2.96. The van der Waals surface area contributed by atoms with Crippen molar-refractivity contribution in [2.24, 2.45) is 0 Å². The van der Waals surface area contributed by atoms with Crippen LogP contribution in [0, 0.1) is 21.4 Å². The molecule has 20 heavy (non-hydrogen) atoms. The smallest absolute Gasteiger partial charge is 0.293 e. The van der Waals surface area contributed by atoms with Crippen LogP contribution in [-0.4, -0.2) is 30.9 Å². The van der Waals surface area contributed by atoms with Crippen LogP contribution in [-0.2, 0) is 9.84 Å². The maximum atomic E-state index is 11.3. The second-order valence-corrected chi connectivity index (χ2v) is 6.97. The third kappa shape index (κ3) is 3.24. The van der Waals surface area contributed by atoms with E-state index in [0.29, 0.717) is 18.5 Å². The van der Waals surface area contributed by atoms with Crippen molar-refractivity contribution in [1.82, 2.24) is 0 Å². The molecule has 1 aliphatic rings. The Kier molecular flexibility index (Phi) is 3.90. The Morgan fingerprint density at radius 1 is 1.35 bits per heavy atom. The van der Waals surface area contributed by atoms with Crippen molar-refractivity contribution in [1.29, 1.82) is 5.26 Å². The maximum absolute atomic E-state index is 11.3. The molecule has 0 spiro atoms. The lowest BCUT2D eigenvalue weighted by atomic mass is 10.1. The molecule has 106 valence electrons. The minimum atomic E-state index is -2.96. The van der Waals surface area contributed by atoms with Crippen LogP contribution in [0.4, 0.5) is 11.4 Å². The Hall–Kier alpha value is -2.14. The van der Waals surface area contributed by atoms with E-state index in [0.717, 1.165) is 0 Å². The standard InChI is InChI=1S/C12H13N3O4S/c13-8-9-1-2-11(12(7-9)15(16)17)14-10-3-5-20(18,19)6-4-10/h1-2,7,10,14H,3-6H2. The normalized spacial score (nSPS) is 18.1. The first-order valence-electron chi connectivity index (χ1n) is 6.07. The molecule has 1 saturated heterocycles. The molecule has 1 aromatic rings. The summed E-state index contributed by atoms with van der Waals surface area (Å²) in [5, 5.41) is 22.8. The van der Waals surface area contributed by atoms with Gasteiger partial charge in [-0.05, 0) is 25.0 Å². The summed E-state index contributed by atoms with van der Waals surface area (Å²) in [6.07, 6.45) is 0.860. The molecule has 0 saturated carbocycles. The molecule has 1 aromatic carbocycles. The average Bonchev–Trinajstić information content (AvgIpc) is 2.41. The van der Waals surface area contributed by atoms with Crippen LogP contribution in [0.1, 0.15) is 18.4 Å². The van der Waals surface area contributed by atoms with Crippen molar-refractivity contribution in [3.05, 3.63) is 33.9 Å². The van der Waals surface area contributed by atoms with E-state index in [4.69, 9.17) is 5.26 Å². The number of nitro groups is 1. The zero-order valence-corrected chi connectivity index (χ0v) is 11.4. The molecule has 2 rings (SSSR count). The Balaban J connectivity index is 2.18. The third-order valence-electron chi connectivity index (χ3n) is 3.24. The summed E-state index contributed by atoms with van der Waals surface area (Å²) >= 11 is 0. The minimum Gasteiger partial charge on any atom is -0.377 e. The lowest BCUT2D eigenvalue weighted by Gasteiger charge is -2.23. The van der Waals surface area contributed by atoms with E-state index in [1.54, 1.807) is 0 Å². The van der Waals surface area contributed by atoms with Crippen molar-refractivity contribution in [3.8, 4) is 6.07 Å². The van der Waals surface area contributed by atoms with Crippen molar-refractivity contribution < 1.29 is 13.3 Å². The number of benzene rings is 1. The second kappa shape index (κ2) is 5.46. The third-order valence-corrected chi connectivity index (χ3v) is 4.95. The van der Waals surface area contributed by atoms with E-state index in [1.165, 1.54) is 18.2 Å². The van der Waals surface area contributed by atoms with E-state index in [-0.39, 0.29) is 28.8 Å². The summed E-state index contributed by atoms with van der Waals surface area (Å²) in [5.74, 6) is 0.184. The first-order valence-corrected chi connectivity index (χ1v) is 7.89. The quantitative estimate of drug-likeness (QED) is 0.667. The highest BCUT2D eigenvalue weighted by molar-refractivity contribution is 7.91. The van der Waals surface area contributed by atoms with Crippen LogP contribution < -0.4 is 5.32 Å². The minimum absolute atomic E-state index is 0.0920. The fourth-order valence-corrected chi connectivity index (χ4v) is 3.62. The fraction of sp³-hybridized carbons (Fsp3) is 0.417. The molecule has 0 atom stereocenters. The predicted octanol–water partition coefficient (Wildman–Crippen LogP) is 1.46. The summed E-state index contributed by atoms with van der Waals surface area (Å²) in [6.45, 7) is 0. The van der Waals surface area contributed by atoms with Crippen molar-refractivity contribution in [2.45, 2.75) is 18.9 Å². The van der Waals surface area contributed by atoms with Gasteiger partial charge in [0.15, 0.2) is 0 Å². The number of nitriles is 1. The van der Waals surface area contributed by atoms with Gasteiger partial charge in [-0.3, -0.25) is 10.1 Å². The number of nitro benzene ring substituents is 1. The fourth-order valence-electron chi connectivity index (χ4n) is 2.13. The van der Waals surface area contributed by atoms with Crippen molar-refractivity contribution in [3.63, 3.8) is 0 Å². The molecule has 0 bridgehead atoms. The highest BCUT2D eigenvalue weighted by Gasteiger charge is 2.25. The number of nitrogens with zero attached hydrogens (tertiary/aromatic N) is 2. The van der Waals surface area contributed by atoms with E-state index in [1.807, 2.05) is 6.07 Å². The molecule has 8 heteroatoms. The van der Waals surface area contributed by atoms with Gasteiger partial charge in [-0.15, -0.1) is 0 Å². The molecule has 0 aliphatic carbocycles. The molecule has 0 amide bonds. The van der Waals surface area contributed by atoms with Gasteiger partial charge in [-0.25, -0.2) is 8.42 Å². The van der Waals surface area contributed by atoms with Gasteiger partial charge in [0.2, 0.25) is 0 Å². The highest BCUT2D eigenvalue weighted by atomic mass is 32.2. The number of anilines is 1. The first kappa shape index (κ1) is 14.3. The molecular formula is C12H13N3O4S. The number of nitrogens with one attached hydrogen (secondary N) is 1. The molecule has 1 N–H and O–H groups in total. The van der Waals surface area contributed by atoms with Gasteiger partial charge in [0.05, 0.1) is 28.1 Å². The molecule has 1 fully saturated rings. The predicted molar refractivity (Wildman–Crippen MR) is 73.1 cm³/mol. The Labute approximate surface area is 116 Å². The van der Waals surface area contributed by atoms with Crippen LogP contribution in [0.2, 0.25) is 0 Å². The summed E-state index contributed by atoms with van der Waals surface area (Å²) in [6, 6.07) is 5.94. The van der Waals surface area contributed by atoms with Crippen LogP contribution in [0.5, 0.6) is 0 Å². The van der Waals surface area contributed by atoms with Gasteiger partial charge in [0.25, 0.3) is 5.69 Å². The topological polar surface area (TPSA) is 113 Å². The van der Waals surface area contributed by atoms with E-state index in [9.17, 15) is 18.5 Å². The summed E-state index contributed by atoms with van der Waals surface area (Å²) in [5.41, 5.74) is 0.365. The van der Waals surface area contributed by atoms with Gasteiger partial charge in [-0.1, -0.05) is 0 Å². The zero-order chi connectivity index (χ0) is 14.8. The number of hydrogen-bond acceptors (Lipinski definition) is 6. The first-order chi connectivity index (χ1) is 9.41. The van der Waals surface area contributed by atoms with Gasteiger partial charge in [0, 0.05) is 12.1 Å². The summed E-state index contributed by atoms with van der Waals surface area (Å²) < 4.78 is 22.7. The SMILES string of the molecule is N#Cc1ccc(NC2CCS(=O)(=O)CC2)c([N+](=O)[O-])c1. The van der Waals surface area contributed by atoms with Crippen LogP contribution in [0.3, 0.4) is 0 Å². The maximum Gasteiger partial charge on any atom is 0.293 e. The van der Waals surface area contributed by atoms with Crippen LogP contribution in [0.15, 0.2) is 18.2 Å². The molecule has 0 radical (unpaired) electrons. The molecule has 1 aliphatic heterocycles. The van der Waals surface area contributed by atoms with Gasteiger partial charge in [0.1, 0.15) is 15.5 Å². The van der Waals surface area contributed by atoms with E-state index >= 15 is 0 Å². The van der Waals surface area contributed by atoms with Gasteiger partial charge in [-0.2, -0.15) is 5.26 Å². The second-order valence-electron chi connectivity index (χ2n) is 4.67.